The number of pyridine rings is 1. The Hall–Kier alpha value is -1.09. The monoisotopic (exact) mass is 482 g/mol. The van der Waals surface area contributed by atoms with Gasteiger partial charge >= 0.3 is 195 Å². The minimum atomic E-state index is -2.02. The quantitative estimate of drug-likeness (QED) is 0.323. The Morgan fingerprint density at radius 2 is 1.48 bits per heavy atom. The molecule has 2 aromatic rings. The van der Waals surface area contributed by atoms with Crippen molar-refractivity contribution in [2.45, 2.75) is 102 Å². The fourth-order valence-electron chi connectivity index (χ4n) is 5.23. The van der Waals surface area contributed by atoms with Gasteiger partial charge in [0.2, 0.25) is 0 Å². The maximum atomic E-state index is 2.54. The van der Waals surface area contributed by atoms with Crippen LogP contribution in [0, 0.1) is 12.3 Å². The number of hydrogen-bond acceptors (Lipinski definition) is 0. The molecule has 1 heterocycles. The summed E-state index contributed by atoms with van der Waals surface area (Å²) in [6.07, 6.45) is 7.67. The van der Waals surface area contributed by atoms with Crippen LogP contribution in [0.15, 0.2) is 30.5 Å². The number of benzene rings is 1. The first-order chi connectivity index (χ1) is 14.0. The van der Waals surface area contributed by atoms with Crippen LogP contribution in [0.3, 0.4) is 0 Å². The van der Waals surface area contributed by atoms with E-state index < -0.39 is 13.3 Å². The molecule has 2 heteroatoms. The first kappa shape index (κ1) is 24.6. The molecule has 3 rings (SSSR count). The summed E-state index contributed by atoms with van der Waals surface area (Å²) in [5.74, 6) is 7.57. The van der Waals surface area contributed by atoms with Gasteiger partial charge in [0, 0.05) is 0 Å². The number of nitrogens with zero attached hydrogens (tertiary/aromatic N) is 1. The summed E-state index contributed by atoms with van der Waals surface area (Å²) >= 11 is -2.02. The molecule has 0 radical (unpaired) electrons. The summed E-state index contributed by atoms with van der Waals surface area (Å²) < 4.78 is 4.01. The second kappa shape index (κ2) is 8.05. The van der Waals surface area contributed by atoms with Crippen LogP contribution in [0.25, 0.3) is 11.3 Å². The first-order valence-corrected chi connectivity index (χ1v) is 19.5. The Balaban J connectivity index is 2.06. The minimum absolute atomic E-state index is 0.173. The number of hydrogen-bond donors (Lipinski definition) is 0. The molecule has 0 unspecified atom stereocenters. The molecule has 0 spiro atoms. The zero-order chi connectivity index (χ0) is 23.4. The normalized spacial score (nSPS) is 18.8. The Morgan fingerprint density at radius 3 is 1.97 bits per heavy atom. The van der Waals surface area contributed by atoms with Crippen molar-refractivity contribution in [1.29, 1.82) is 0 Å². The van der Waals surface area contributed by atoms with Crippen LogP contribution in [-0.4, -0.2) is 13.3 Å². The third-order valence-corrected chi connectivity index (χ3v) is 12.1. The summed E-state index contributed by atoms with van der Waals surface area (Å²) in [7, 11) is 2.22. The van der Waals surface area contributed by atoms with Gasteiger partial charge in [-0.2, -0.15) is 0 Å². The van der Waals surface area contributed by atoms with Crippen LogP contribution >= 0.6 is 0 Å². The molecule has 31 heavy (non-hydrogen) atoms. The Labute approximate surface area is 195 Å². The molecule has 1 aromatic heterocycles. The van der Waals surface area contributed by atoms with Gasteiger partial charge in [0.25, 0.3) is 0 Å². The Morgan fingerprint density at radius 1 is 0.903 bits per heavy atom. The summed E-state index contributed by atoms with van der Waals surface area (Å²) in [5.41, 5.74) is 8.22. The summed E-state index contributed by atoms with van der Waals surface area (Å²) in [4.78, 5) is 0. The molecule has 1 aliphatic rings. The SMILES string of the molecule is Cc1cc(C2(C)CCC(C)(C)CC2)ccc1-c1c[c]([Ge]([CH3])([CH3])[CH3])c(C(C)(C)C)c[n+]1C. The predicted molar refractivity (Wildman–Crippen MR) is 139 cm³/mol. The van der Waals surface area contributed by atoms with Crippen LogP contribution < -0.4 is 8.96 Å². The van der Waals surface area contributed by atoms with Gasteiger partial charge in [0.05, 0.1) is 0 Å². The van der Waals surface area contributed by atoms with E-state index in [-0.39, 0.29) is 5.41 Å². The Bertz CT molecular complexity index is 959. The molecule has 1 nitrogen and oxygen atoms in total. The molecule has 0 aliphatic heterocycles. The fraction of sp³-hybridized carbons (Fsp3) is 0.621. The maximum absolute atomic E-state index is 2.54. The van der Waals surface area contributed by atoms with Crippen LogP contribution in [0.4, 0.5) is 0 Å². The molecule has 1 aromatic carbocycles. The summed E-state index contributed by atoms with van der Waals surface area (Å²) in [6, 6.07) is 9.86. The van der Waals surface area contributed by atoms with E-state index in [0.717, 1.165) is 0 Å². The molecule has 1 fully saturated rings. The van der Waals surface area contributed by atoms with E-state index in [9.17, 15) is 0 Å². The molecule has 0 amide bonds. The first-order valence-electron chi connectivity index (χ1n) is 12.2. The van der Waals surface area contributed by atoms with Crippen molar-refractivity contribution in [1.82, 2.24) is 0 Å². The van der Waals surface area contributed by atoms with Crippen molar-refractivity contribution in [2.75, 3.05) is 0 Å². The zero-order valence-corrected chi connectivity index (χ0v) is 24.3. The zero-order valence-electron chi connectivity index (χ0n) is 22.2. The molecule has 0 bridgehead atoms. The van der Waals surface area contributed by atoms with Gasteiger partial charge in [0.1, 0.15) is 0 Å². The van der Waals surface area contributed by atoms with E-state index in [1.807, 2.05) is 0 Å². The van der Waals surface area contributed by atoms with Crippen molar-refractivity contribution in [3.63, 3.8) is 0 Å². The average Bonchev–Trinajstić information content (AvgIpc) is 2.63. The van der Waals surface area contributed by atoms with E-state index in [2.05, 4.69) is 108 Å². The van der Waals surface area contributed by atoms with Gasteiger partial charge in [-0.1, -0.05) is 0 Å². The molecule has 1 aliphatic carbocycles. The van der Waals surface area contributed by atoms with Crippen molar-refractivity contribution in [3.8, 4) is 11.3 Å². The van der Waals surface area contributed by atoms with Gasteiger partial charge in [-0.15, -0.1) is 0 Å². The molecule has 0 saturated heterocycles. The van der Waals surface area contributed by atoms with Gasteiger partial charge in [-0.25, -0.2) is 0 Å². The van der Waals surface area contributed by atoms with Crippen molar-refractivity contribution >= 4 is 17.7 Å². The number of aromatic nitrogens is 1. The van der Waals surface area contributed by atoms with Crippen molar-refractivity contribution in [3.05, 3.63) is 47.2 Å². The van der Waals surface area contributed by atoms with Gasteiger partial charge in [-0.3, -0.25) is 0 Å². The van der Waals surface area contributed by atoms with Gasteiger partial charge < -0.3 is 0 Å². The summed E-state index contributed by atoms with van der Waals surface area (Å²) in [5, 5.41) is 0. The van der Waals surface area contributed by atoms with Gasteiger partial charge in [-0.05, 0) is 0 Å². The van der Waals surface area contributed by atoms with Crippen LogP contribution in [0.1, 0.15) is 83.9 Å². The molecular formula is C29H46GeN+. The standard InChI is InChI=1S/C29H46GeN/c1-21-18-22(29(7)16-14-28(5,6)15-17-29)12-13-23(21)26-19-25(30(8,9)10)24(20-31(26)11)27(2,3)4/h12-13,18-20H,14-17H2,1-11H3/q+1. The van der Waals surface area contributed by atoms with Gasteiger partial charge in [0.15, 0.2) is 0 Å². The third-order valence-electron chi connectivity index (χ3n) is 7.80. The van der Waals surface area contributed by atoms with Crippen molar-refractivity contribution in [2.24, 2.45) is 12.5 Å². The van der Waals surface area contributed by atoms with Crippen LogP contribution in [0.2, 0.25) is 17.3 Å². The second-order valence-electron chi connectivity index (χ2n) is 13.4. The molecule has 0 N–H and O–H groups in total. The van der Waals surface area contributed by atoms with Crippen molar-refractivity contribution < 1.29 is 4.57 Å². The molecular weight excluding hydrogens is 435 g/mol. The topological polar surface area (TPSA) is 3.88 Å². The van der Waals surface area contributed by atoms with Crippen LogP contribution in [-0.2, 0) is 17.9 Å². The second-order valence-corrected chi connectivity index (χ2v) is 23.9. The van der Waals surface area contributed by atoms with E-state index in [1.54, 1.807) is 4.40 Å². The molecule has 170 valence electrons. The summed E-state index contributed by atoms with van der Waals surface area (Å²) in [6.45, 7) is 16.7. The Kier molecular flexibility index (Phi) is 6.37. The molecule has 1 saturated carbocycles. The number of rotatable bonds is 3. The third kappa shape index (κ3) is 5.13. The average molecular weight is 481 g/mol. The van der Waals surface area contributed by atoms with Crippen LogP contribution in [0.5, 0.6) is 0 Å². The van der Waals surface area contributed by atoms with E-state index in [4.69, 9.17) is 0 Å². The number of aryl methyl sites for hydroxylation is 2. The van der Waals surface area contributed by atoms with E-state index >= 15 is 0 Å². The fourth-order valence-corrected chi connectivity index (χ4v) is 9.04. The predicted octanol–water partition coefficient (Wildman–Crippen LogP) is 7.19. The van der Waals surface area contributed by atoms with E-state index in [1.165, 1.54) is 53.6 Å². The van der Waals surface area contributed by atoms with E-state index in [0.29, 0.717) is 10.8 Å². The molecule has 0 atom stereocenters.